The molecule has 1 fully saturated rings. The van der Waals surface area contributed by atoms with Crippen LogP contribution in [0.3, 0.4) is 0 Å². The van der Waals surface area contributed by atoms with Crippen molar-refractivity contribution in [1.29, 1.82) is 0 Å². The second-order valence-corrected chi connectivity index (χ2v) is 4.49. The van der Waals surface area contributed by atoms with Crippen LogP contribution < -0.4 is 5.32 Å². The zero-order valence-electron chi connectivity index (χ0n) is 9.63. The van der Waals surface area contributed by atoms with E-state index in [0.717, 1.165) is 18.9 Å². The maximum Gasteiger partial charge on any atom is 0.243 e. The lowest BCUT2D eigenvalue weighted by Gasteiger charge is -2.24. The molecule has 1 N–H and O–H groups in total. The molecule has 1 rings (SSSR count). The standard InChI is InChI=1S/C13H23NO/c1-2-13(15)14-11-6-4-3-5-8-12-9-7-10-12/h2,12H,1,3-11H2,(H,14,15). The van der Waals surface area contributed by atoms with Crippen molar-refractivity contribution in [2.75, 3.05) is 6.54 Å². The molecule has 0 aromatic carbocycles. The van der Waals surface area contributed by atoms with Crippen molar-refractivity contribution in [1.82, 2.24) is 5.32 Å². The van der Waals surface area contributed by atoms with Crippen molar-refractivity contribution in [2.45, 2.75) is 51.4 Å². The molecule has 1 aliphatic carbocycles. The molecule has 0 aliphatic heterocycles. The molecule has 2 nitrogen and oxygen atoms in total. The van der Waals surface area contributed by atoms with Gasteiger partial charge in [-0.3, -0.25) is 4.79 Å². The topological polar surface area (TPSA) is 29.1 Å². The summed E-state index contributed by atoms with van der Waals surface area (Å²) in [7, 11) is 0. The van der Waals surface area contributed by atoms with Crippen LogP contribution in [-0.2, 0) is 4.79 Å². The van der Waals surface area contributed by atoms with E-state index in [1.807, 2.05) is 0 Å². The van der Waals surface area contributed by atoms with E-state index in [0.29, 0.717) is 0 Å². The zero-order valence-corrected chi connectivity index (χ0v) is 9.63. The van der Waals surface area contributed by atoms with E-state index in [9.17, 15) is 4.79 Å². The lowest BCUT2D eigenvalue weighted by Crippen LogP contribution is -2.21. The Kier molecular flexibility index (Phi) is 6.14. The summed E-state index contributed by atoms with van der Waals surface area (Å²) in [5.74, 6) is 0.995. The quantitative estimate of drug-likeness (QED) is 0.483. The Labute approximate surface area is 93.1 Å². The van der Waals surface area contributed by atoms with Gasteiger partial charge in [0, 0.05) is 6.54 Å². The molecule has 2 heteroatoms. The van der Waals surface area contributed by atoms with Crippen molar-refractivity contribution in [3.05, 3.63) is 12.7 Å². The zero-order chi connectivity index (χ0) is 10.9. The van der Waals surface area contributed by atoms with Crippen LogP contribution in [0.4, 0.5) is 0 Å². The summed E-state index contributed by atoms with van der Waals surface area (Å²) in [6, 6.07) is 0. The summed E-state index contributed by atoms with van der Waals surface area (Å²) in [6.45, 7) is 4.21. The predicted octanol–water partition coefficient (Wildman–Crippen LogP) is 3.04. The van der Waals surface area contributed by atoms with Gasteiger partial charge in [0.15, 0.2) is 0 Å². The smallest absolute Gasteiger partial charge is 0.243 e. The summed E-state index contributed by atoms with van der Waals surface area (Å²) in [6.07, 6.45) is 12.2. The summed E-state index contributed by atoms with van der Waals surface area (Å²) in [4.78, 5) is 10.8. The van der Waals surface area contributed by atoms with Gasteiger partial charge < -0.3 is 5.32 Å². The second kappa shape index (κ2) is 7.49. The van der Waals surface area contributed by atoms with Crippen LogP contribution in [0.25, 0.3) is 0 Å². The van der Waals surface area contributed by atoms with Crippen molar-refractivity contribution < 1.29 is 4.79 Å². The fourth-order valence-electron chi connectivity index (χ4n) is 1.98. The normalized spacial score (nSPS) is 15.7. The predicted molar refractivity (Wildman–Crippen MR) is 63.6 cm³/mol. The van der Waals surface area contributed by atoms with Crippen molar-refractivity contribution in [3.8, 4) is 0 Å². The van der Waals surface area contributed by atoms with E-state index >= 15 is 0 Å². The van der Waals surface area contributed by atoms with Gasteiger partial charge in [-0.2, -0.15) is 0 Å². The number of nitrogens with one attached hydrogen (secondary N) is 1. The molecule has 15 heavy (non-hydrogen) atoms. The first-order chi connectivity index (χ1) is 7.33. The van der Waals surface area contributed by atoms with E-state index in [2.05, 4.69) is 11.9 Å². The van der Waals surface area contributed by atoms with Crippen LogP contribution in [0, 0.1) is 5.92 Å². The molecule has 0 atom stereocenters. The van der Waals surface area contributed by atoms with Crippen LogP contribution in [0.1, 0.15) is 51.4 Å². The highest BCUT2D eigenvalue weighted by molar-refractivity contribution is 5.86. The Hall–Kier alpha value is -0.790. The Morgan fingerprint density at radius 3 is 2.60 bits per heavy atom. The fourth-order valence-corrected chi connectivity index (χ4v) is 1.98. The van der Waals surface area contributed by atoms with Gasteiger partial charge in [-0.25, -0.2) is 0 Å². The minimum atomic E-state index is -0.0514. The molecular weight excluding hydrogens is 186 g/mol. The van der Waals surface area contributed by atoms with Crippen LogP contribution in [0.5, 0.6) is 0 Å². The summed E-state index contributed by atoms with van der Waals surface area (Å²) < 4.78 is 0. The summed E-state index contributed by atoms with van der Waals surface area (Å²) in [5, 5.41) is 2.80. The monoisotopic (exact) mass is 209 g/mol. The second-order valence-electron chi connectivity index (χ2n) is 4.49. The van der Waals surface area contributed by atoms with E-state index < -0.39 is 0 Å². The van der Waals surface area contributed by atoms with E-state index in [4.69, 9.17) is 0 Å². The largest absolute Gasteiger partial charge is 0.353 e. The molecule has 0 heterocycles. The van der Waals surface area contributed by atoms with Crippen LogP contribution in [-0.4, -0.2) is 12.5 Å². The minimum absolute atomic E-state index is 0.0514. The van der Waals surface area contributed by atoms with E-state index in [-0.39, 0.29) is 5.91 Å². The van der Waals surface area contributed by atoms with Gasteiger partial charge >= 0.3 is 0 Å². The van der Waals surface area contributed by atoms with Gasteiger partial charge in [-0.05, 0) is 18.4 Å². The third-order valence-corrected chi connectivity index (χ3v) is 3.25. The van der Waals surface area contributed by atoms with Crippen molar-refractivity contribution in [3.63, 3.8) is 0 Å². The van der Waals surface area contributed by atoms with Gasteiger partial charge in [0.1, 0.15) is 0 Å². The average Bonchev–Trinajstić information content (AvgIpc) is 2.19. The molecule has 0 unspecified atom stereocenters. The molecule has 86 valence electrons. The number of hydrogen-bond acceptors (Lipinski definition) is 1. The molecule has 0 aromatic rings. The molecule has 0 spiro atoms. The van der Waals surface area contributed by atoms with Crippen LogP contribution in [0.2, 0.25) is 0 Å². The van der Waals surface area contributed by atoms with Crippen LogP contribution >= 0.6 is 0 Å². The fraction of sp³-hybridized carbons (Fsp3) is 0.769. The number of carbonyl (C=O) groups is 1. The third-order valence-electron chi connectivity index (χ3n) is 3.25. The number of unbranched alkanes of at least 4 members (excludes halogenated alkanes) is 3. The lowest BCUT2D eigenvalue weighted by molar-refractivity contribution is -0.116. The Balaban J connectivity index is 1.76. The summed E-state index contributed by atoms with van der Waals surface area (Å²) >= 11 is 0. The molecule has 0 bridgehead atoms. The van der Waals surface area contributed by atoms with Crippen LogP contribution in [0.15, 0.2) is 12.7 Å². The number of rotatable bonds is 8. The Bertz CT molecular complexity index is 197. The Morgan fingerprint density at radius 1 is 1.27 bits per heavy atom. The molecule has 1 amide bonds. The third kappa shape index (κ3) is 5.60. The molecule has 0 saturated heterocycles. The molecule has 1 saturated carbocycles. The highest BCUT2D eigenvalue weighted by atomic mass is 16.1. The number of hydrogen-bond donors (Lipinski definition) is 1. The van der Waals surface area contributed by atoms with Gasteiger partial charge in [0.05, 0.1) is 0 Å². The molecule has 1 aliphatic rings. The highest BCUT2D eigenvalue weighted by Crippen LogP contribution is 2.30. The van der Waals surface area contributed by atoms with E-state index in [1.165, 1.54) is 51.0 Å². The first-order valence-corrected chi connectivity index (χ1v) is 6.23. The average molecular weight is 209 g/mol. The lowest BCUT2D eigenvalue weighted by atomic mass is 9.82. The van der Waals surface area contributed by atoms with Crippen molar-refractivity contribution in [2.24, 2.45) is 5.92 Å². The first-order valence-electron chi connectivity index (χ1n) is 6.23. The minimum Gasteiger partial charge on any atom is -0.353 e. The van der Waals surface area contributed by atoms with Gasteiger partial charge in [0.25, 0.3) is 0 Å². The molecule has 0 radical (unpaired) electrons. The number of carbonyl (C=O) groups excluding carboxylic acids is 1. The van der Waals surface area contributed by atoms with Gasteiger partial charge in [-0.15, -0.1) is 0 Å². The van der Waals surface area contributed by atoms with Crippen molar-refractivity contribution >= 4 is 5.91 Å². The Morgan fingerprint density at radius 2 is 2.00 bits per heavy atom. The maximum absolute atomic E-state index is 10.8. The highest BCUT2D eigenvalue weighted by Gasteiger charge is 2.15. The van der Waals surface area contributed by atoms with Gasteiger partial charge in [-0.1, -0.05) is 51.5 Å². The number of amides is 1. The van der Waals surface area contributed by atoms with E-state index in [1.54, 1.807) is 0 Å². The molecular formula is C13H23NO. The maximum atomic E-state index is 10.8. The molecule has 0 aromatic heterocycles. The summed E-state index contributed by atoms with van der Waals surface area (Å²) in [5.41, 5.74) is 0. The van der Waals surface area contributed by atoms with Gasteiger partial charge in [0.2, 0.25) is 5.91 Å². The SMILES string of the molecule is C=CC(=O)NCCCCCCC1CCC1. The first kappa shape index (κ1) is 12.3.